The van der Waals surface area contributed by atoms with Crippen LogP contribution >= 0.6 is 11.6 Å². The van der Waals surface area contributed by atoms with Gasteiger partial charge >= 0.3 is 12.1 Å². The molecule has 0 bridgehead atoms. The van der Waals surface area contributed by atoms with Crippen LogP contribution in [0.25, 0.3) is 0 Å². The molecular weight excluding hydrogens is 619 g/mol. The van der Waals surface area contributed by atoms with Crippen molar-refractivity contribution in [2.75, 3.05) is 0 Å². The van der Waals surface area contributed by atoms with E-state index in [1.165, 1.54) is 24.4 Å². The van der Waals surface area contributed by atoms with Gasteiger partial charge in [-0.15, -0.1) is 0 Å². The van der Waals surface area contributed by atoms with E-state index in [9.17, 15) is 32.3 Å². The molecule has 1 unspecified atom stereocenters. The maximum absolute atomic E-state index is 15.4. The Morgan fingerprint density at radius 1 is 0.956 bits per heavy atom. The van der Waals surface area contributed by atoms with Gasteiger partial charge in [0.2, 0.25) is 0 Å². The Kier molecular flexibility index (Phi) is 9.53. The molecule has 0 aliphatic carbocycles. The number of nitrogens with zero attached hydrogens (tertiary/aromatic N) is 1. The van der Waals surface area contributed by atoms with Gasteiger partial charge in [0, 0.05) is 29.7 Å². The molecule has 0 aliphatic rings. The minimum absolute atomic E-state index is 0.0285. The highest BCUT2D eigenvalue weighted by Gasteiger charge is 2.41. The molecule has 0 radical (unpaired) electrons. The first-order valence-corrected chi connectivity index (χ1v) is 13.9. The third-order valence-corrected chi connectivity index (χ3v) is 7.19. The van der Waals surface area contributed by atoms with Crippen LogP contribution in [0.3, 0.4) is 0 Å². The van der Waals surface area contributed by atoms with E-state index < -0.39 is 57.9 Å². The van der Waals surface area contributed by atoms with Gasteiger partial charge in [-0.3, -0.25) is 9.78 Å². The number of ether oxygens (including phenoxy) is 1. The fourth-order valence-electron chi connectivity index (χ4n) is 4.81. The van der Waals surface area contributed by atoms with E-state index in [1.54, 1.807) is 51.1 Å². The number of pyridine rings is 1. The Morgan fingerprint density at radius 2 is 1.64 bits per heavy atom. The van der Waals surface area contributed by atoms with Gasteiger partial charge in [0.25, 0.3) is 5.91 Å². The monoisotopic (exact) mass is 646 g/mol. The molecular formula is C33H28ClF5N2O4. The summed E-state index contributed by atoms with van der Waals surface area (Å²) in [4.78, 5) is 30.2. The number of alkyl halides is 3. The molecule has 4 aromatic rings. The van der Waals surface area contributed by atoms with Crippen molar-refractivity contribution in [3.8, 4) is 5.75 Å². The topological polar surface area (TPSA) is 88.5 Å². The average Bonchev–Trinajstić information content (AvgIpc) is 2.95. The highest BCUT2D eigenvalue weighted by Crippen LogP contribution is 2.38. The Morgan fingerprint density at radius 3 is 2.22 bits per heavy atom. The van der Waals surface area contributed by atoms with E-state index in [2.05, 4.69) is 10.3 Å². The fourth-order valence-corrected chi connectivity index (χ4v) is 4.92. The second-order valence-electron chi connectivity index (χ2n) is 11.5. The normalized spacial score (nSPS) is 13.9. The Hall–Kier alpha value is -4.51. The standard InChI is InChI=1S/C33H28ClF5N2O4/c1-31(2,3)28(30(43)44)45-24-15-21(14-23(35)16-24)32(17-19-7-5-4-6-8-19,27-12-10-22(34)18-40-27)41-29(42)20-9-11-26(36)25(13-20)33(37,38)39/h4-16,18,28H,17H2,1-3H3,(H,41,42)(H,43,44)/t28-,32?/m1/s1. The van der Waals surface area contributed by atoms with Crippen LogP contribution in [0.15, 0.2) is 85.1 Å². The molecule has 2 N–H and O–H groups in total. The Bertz CT molecular complexity index is 1690. The van der Waals surface area contributed by atoms with Gasteiger partial charge in [-0.1, -0.05) is 62.7 Å². The third-order valence-electron chi connectivity index (χ3n) is 6.97. The molecule has 2 atom stereocenters. The molecule has 1 aromatic heterocycles. The van der Waals surface area contributed by atoms with Crippen molar-refractivity contribution in [1.29, 1.82) is 0 Å². The van der Waals surface area contributed by atoms with Crippen molar-refractivity contribution in [2.24, 2.45) is 5.41 Å². The number of rotatable bonds is 9. The van der Waals surface area contributed by atoms with Crippen LogP contribution in [-0.2, 0) is 22.9 Å². The van der Waals surface area contributed by atoms with Gasteiger partial charge in [-0.05, 0) is 53.6 Å². The maximum Gasteiger partial charge on any atom is 0.419 e. The molecule has 0 saturated carbocycles. The first-order chi connectivity index (χ1) is 21.0. The van der Waals surface area contributed by atoms with E-state index in [4.69, 9.17) is 16.3 Å². The molecule has 6 nitrogen and oxygen atoms in total. The lowest BCUT2D eigenvalue weighted by Crippen LogP contribution is -2.49. The fraction of sp³-hybridized carbons (Fsp3) is 0.242. The molecule has 12 heteroatoms. The number of aromatic nitrogens is 1. The molecule has 0 aliphatic heterocycles. The molecule has 0 saturated heterocycles. The van der Waals surface area contributed by atoms with Crippen LogP contribution in [0.1, 0.15) is 53.5 Å². The summed E-state index contributed by atoms with van der Waals surface area (Å²) in [5.74, 6) is -4.96. The first kappa shape index (κ1) is 33.4. The second kappa shape index (κ2) is 12.8. The number of aliphatic carboxylic acids is 1. The van der Waals surface area contributed by atoms with Crippen LogP contribution in [0.2, 0.25) is 5.02 Å². The summed E-state index contributed by atoms with van der Waals surface area (Å²) in [6.45, 7) is 4.88. The first-order valence-electron chi connectivity index (χ1n) is 13.6. The summed E-state index contributed by atoms with van der Waals surface area (Å²) in [6, 6.07) is 16.7. The summed E-state index contributed by atoms with van der Waals surface area (Å²) in [6.07, 6.45) is -5.31. The number of carbonyl (C=O) groups is 2. The number of carboxylic acid groups (broad SMARTS) is 1. The van der Waals surface area contributed by atoms with Crippen molar-refractivity contribution in [1.82, 2.24) is 10.3 Å². The zero-order valence-electron chi connectivity index (χ0n) is 24.3. The van der Waals surface area contributed by atoms with Gasteiger partial charge in [0.1, 0.15) is 22.9 Å². The van der Waals surface area contributed by atoms with Crippen LogP contribution in [0.4, 0.5) is 22.0 Å². The van der Waals surface area contributed by atoms with E-state index in [1.807, 2.05) is 0 Å². The van der Waals surface area contributed by atoms with Gasteiger partial charge in [0.05, 0.1) is 16.3 Å². The Balaban J connectivity index is 1.96. The predicted octanol–water partition coefficient (Wildman–Crippen LogP) is 7.83. The van der Waals surface area contributed by atoms with Crippen LogP contribution in [0, 0.1) is 17.0 Å². The number of nitrogens with one attached hydrogen (secondary N) is 1. The zero-order valence-corrected chi connectivity index (χ0v) is 25.0. The summed E-state index contributed by atoms with van der Waals surface area (Å²) < 4.78 is 75.8. The van der Waals surface area contributed by atoms with Crippen molar-refractivity contribution in [3.63, 3.8) is 0 Å². The molecule has 0 fully saturated rings. The predicted molar refractivity (Wildman–Crippen MR) is 157 cm³/mol. The minimum atomic E-state index is -5.08. The van der Waals surface area contributed by atoms with Gasteiger partial charge in [-0.2, -0.15) is 13.2 Å². The number of halogens is 6. The number of carboxylic acids is 1. The summed E-state index contributed by atoms with van der Waals surface area (Å²) in [7, 11) is 0. The highest BCUT2D eigenvalue weighted by molar-refractivity contribution is 6.30. The minimum Gasteiger partial charge on any atom is -0.478 e. The van der Waals surface area contributed by atoms with E-state index in [0.717, 1.165) is 18.2 Å². The van der Waals surface area contributed by atoms with Gasteiger partial charge in [-0.25, -0.2) is 13.6 Å². The molecule has 3 aromatic carbocycles. The maximum atomic E-state index is 15.4. The molecule has 1 heterocycles. The number of benzene rings is 3. The molecule has 236 valence electrons. The van der Waals surface area contributed by atoms with Crippen molar-refractivity contribution in [3.05, 3.63) is 130 Å². The molecule has 1 amide bonds. The number of amides is 1. The summed E-state index contributed by atoms with van der Waals surface area (Å²) >= 11 is 6.10. The van der Waals surface area contributed by atoms with Crippen molar-refractivity contribution >= 4 is 23.5 Å². The van der Waals surface area contributed by atoms with Crippen molar-refractivity contribution < 1.29 is 41.4 Å². The lowest BCUT2D eigenvalue weighted by molar-refractivity contribution is -0.150. The molecule has 45 heavy (non-hydrogen) atoms. The van der Waals surface area contributed by atoms with E-state index in [-0.39, 0.29) is 28.5 Å². The van der Waals surface area contributed by atoms with Crippen LogP contribution in [-0.4, -0.2) is 28.1 Å². The lowest BCUT2D eigenvalue weighted by atomic mass is 9.80. The highest BCUT2D eigenvalue weighted by atomic mass is 35.5. The number of hydrogen-bond donors (Lipinski definition) is 2. The van der Waals surface area contributed by atoms with Gasteiger partial charge in [0.15, 0.2) is 6.10 Å². The van der Waals surface area contributed by atoms with Crippen LogP contribution in [0.5, 0.6) is 5.75 Å². The lowest BCUT2D eigenvalue weighted by Gasteiger charge is -2.36. The largest absolute Gasteiger partial charge is 0.478 e. The molecule has 4 rings (SSSR count). The summed E-state index contributed by atoms with van der Waals surface area (Å²) in [5, 5.41) is 12.8. The number of hydrogen-bond acceptors (Lipinski definition) is 4. The summed E-state index contributed by atoms with van der Waals surface area (Å²) in [5.41, 5.74) is -4.13. The van der Waals surface area contributed by atoms with E-state index >= 15 is 4.39 Å². The SMILES string of the molecule is CC(C)(C)[C@H](Oc1cc(F)cc(C(Cc2ccccc2)(NC(=O)c2ccc(F)c(C(F)(F)F)c2)c2ccc(Cl)cn2)c1)C(=O)O. The van der Waals surface area contributed by atoms with E-state index in [0.29, 0.717) is 17.7 Å². The second-order valence-corrected chi connectivity index (χ2v) is 11.9. The third kappa shape index (κ3) is 7.78. The zero-order chi connectivity index (χ0) is 33.2. The average molecular weight is 647 g/mol. The van der Waals surface area contributed by atoms with Crippen molar-refractivity contribution in [2.45, 2.75) is 45.0 Å². The van der Waals surface area contributed by atoms with Crippen LogP contribution < -0.4 is 10.1 Å². The smallest absolute Gasteiger partial charge is 0.419 e. The Labute approximate surface area is 260 Å². The van der Waals surface area contributed by atoms with Gasteiger partial charge < -0.3 is 15.2 Å². The molecule has 0 spiro atoms. The quantitative estimate of drug-likeness (QED) is 0.181. The number of carbonyl (C=O) groups excluding carboxylic acids is 1.